The van der Waals surface area contributed by atoms with Gasteiger partial charge < -0.3 is 25.2 Å². The van der Waals surface area contributed by atoms with Crippen LogP contribution in [0.3, 0.4) is 0 Å². The van der Waals surface area contributed by atoms with Crippen LogP contribution in [0.2, 0.25) is 0 Å². The number of aromatic nitrogens is 4. The number of amides is 2. The van der Waals surface area contributed by atoms with Gasteiger partial charge in [-0.25, -0.2) is 9.48 Å². The Morgan fingerprint density at radius 1 is 1.21 bits per heavy atom. The van der Waals surface area contributed by atoms with Crippen LogP contribution in [0.4, 0.5) is 10.5 Å². The summed E-state index contributed by atoms with van der Waals surface area (Å²) in [7, 11) is 1.80. The molecule has 1 saturated heterocycles. The first-order valence-corrected chi connectivity index (χ1v) is 12.0. The van der Waals surface area contributed by atoms with Gasteiger partial charge in [0, 0.05) is 37.0 Å². The van der Waals surface area contributed by atoms with E-state index in [9.17, 15) is 9.90 Å². The fourth-order valence-electron chi connectivity index (χ4n) is 3.63. The van der Waals surface area contributed by atoms with Gasteiger partial charge in [0.05, 0.1) is 18.8 Å². The molecule has 2 amide bonds. The van der Waals surface area contributed by atoms with E-state index >= 15 is 0 Å². The van der Waals surface area contributed by atoms with Crippen molar-refractivity contribution in [1.29, 1.82) is 0 Å². The van der Waals surface area contributed by atoms with E-state index in [-0.39, 0.29) is 24.8 Å². The van der Waals surface area contributed by atoms with Gasteiger partial charge in [-0.3, -0.25) is 0 Å². The summed E-state index contributed by atoms with van der Waals surface area (Å²) >= 11 is 1.53. The van der Waals surface area contributed by atoms with Gasteiger partial charge in [0.1, 0.15) is 0 Å². The molecule has 11 heteroatoms. The smallest absolute Gasteiger partial charge is 0.319 e. The number of anilines is 1. The van der Waals surface area contributed by atoms with Crippen molar-refractivity contribution in [2.45, 2.75) is 43.6 Å². The van der Waals surface area contributed by atoms with Gasteiger partial charge in [0.15, 0.2) is 6.29 Å². The van der Waals surface area contributed by atoms with Crippen molar-refractivity contribution < 1.29 is 19.4 Å². The fourth-order valence-corrected chi connectivity index (χ4v) is 4.50. The van der Waals surface area contributed by atoms with Crippen molar-refractivity contribution in [2.75, 3.05) is 17.6 Å². The standard InChI is InChI=1S/C23H28N6O4S/c1-3-24-22(31)25-18-6-4-5-17(11-18)21-32-19(14-34-23-26-27-28-29(23)2)12-20(33-21)16-9-7-15(13-30)8-10-16/h4-11,19-21,30H,3,12-14H2,1-2H3,(H2,24,25,31). The highest BCUT2D eigenvalue weighted by molar-refractivity contribution is 7.99. The largest absolute Gasteiger partial charge is 0.392 e. The molecular formula is C23H28N6O4S. The molecule has 0 saturated carbocycles. The Hall–Kier alpha value is -2.99. The maximum Gasteiger partial charge on any atom is 0.319 e. The van der Waals surface area contributed by atoms with Gasteiger partial charge in [-0.05, 0) is 40.6 Å². The molecule has 0 radical (unpaired) electrons. The van der Waals surface area contributed by atoms with E-state index in [4.69, 9.17) is 9.47 Å². The number of urea groups is 1. The number of rotatable bonds is 8. The Bertz CT molecular complexity index is 1090. The summed E-state index contributed by atoms with van der Waals surface area (Å²) in [5.74, 6) is 0.649. The molecule has 1 fully saturated rings. The van der Waals surface area contributed by atoms with E-state index in [1.807, 2.05) is 55.5 Å². The molecule has 10 nitrogen and oxygen atoms in total. The van der Waals surface area contributed by atoms with Crippen LogP contribution in [0.1, 0.15) is 42.4 Å². The molecule has 1 aromatic heterocycles. The van der Waals surface area contributed by atoms with E-state index < -0.39 is 6.29 Å². The number of aryl methyl sites for hydroxylation is 1. The lowest BCUT2D eigenvalue weighted by molar-refractivity contribution is -0.245. The molecular weight excluding hydrogens is 456 g/mol. The molecule has 0 bridgehead atoms. The Kier molecular flexibility index (Phi) is 8.12. The van der Waals surface area contributed by atoms with Crippen molar-refractivity contribution in [1.82, 2.24) is 25.5 Å². The summed E-state index contributed by atoms with van der Waals surface area (Å²) in [5, 5.41) is 27.2. The van der Waals surface area contributed by atoms with Crippen molar-refractivity contribution in [3.05, 3.63) is 65.2 Å². The summed E-state index contributed by atoms with van der Waals surface area (Å²) in [6.45, 7) is 2.40. The Morgan fingerprint density at radius 2 is 2.03 bits per heavy atom. The molecule has 2 aromatic carbocycles. The number of hydrogen-bond donors (Lipinski definition) is 3. The minimum atomic E-state index is -0.615. The van der Waals surface area contributed by atoms with Crippen LogP contribution in [-0.2, 0) is 23.1 Å². The molecule has 1 aliphatic heterocycles. The first kappa shape index (κ1) is 24.1. The number of ether oxygens (including phenoxy) is 2. The number of thioether (sulfide) groups is 1. The second kappa shape index (κ2) is 11.4. The zero-order valence-corrected chi connectivity index (χ0v) is 19.9. The number of tetrazole rings is 1. The van der Waals surface area contributed by atoms with Crippen LogP contribution in [0.5, 0.6) is 0 Å². The van der Waals surface area contributed by atoms with Gasteiger partial charge in [0.25, 0.3) is 0 Å². The molecule has 0 spiro atoms. The molecule has 0 aliphatic carbocycles. The Morgan fingerprint density at radius 3 is 2.74 bits per heavy atom. The second-order valence-electron chi connectivity index (χ2n) is 7.86. The van der Waals surface area contributed by atoms with E-state index in [2.05, 4.69) is 26.2 Å². The molecule has 3 aromatic rings. The number of nitrogens with zero attached hydrogens (tertiary/aromatic N) is 4. The lowest BCUT2D eigenvalue weighted by Gasteiger charge is -2.36. The molecule has 180 valence electrons. The van der Waals surface area contributed by atoms with Crippen LogP contribution in [0.25, 0.3) is 0 Å². The zero-order valence-electron chi connectivity index (χ0n) is 19.0. The van der Waals surface area contributed by atoms with Crippen LogP contribution in [0.15, 0.2) is 53.7 Å². The minimum Gasteiger partial charge on any atom is -0.392 e. The van der Waals surface area contributed by atoms with Crippen LogP contribution in [-0.4, -0.2) is 49.7 Å². The Balaban J connectivity index is 1.53. The van der Waals surface area contributed by atoms with Crippen molar-refractivity contribution in [3.63, 3.8) is 0 Å². The van der Waals surface area contributed by atoms with E-state index in [1.54, 1.807) is 11.7 Å². The zero-order chi connectivity index (χ0) is 23.9. The van der Waals surface area contributed by atoms with Gasteiger partial charge in [-0.15, -0.1) is 5.10 Å². The lowest BCUT2D eigenvalue weighted by atomic mass is 10.0. The number of aliphatic hydroxyl groups is 1. The summed E-state index contributed by atoms with van der Waals surface area (Å²) in [4.78, 5) is 11.9. The predicted molar refractivity (Wildman–Crippen MR) is 127 cm³/mol. The number of hydrogen-bond acceptors (Lipinski definition) is 8. The predicted octanol–water partition coefficient (Wildman–Crippen LogP) is 3.18. The highest BCUT2D eigenvalue weighted by atomic mass is 32.2. The summed E-state index contributed by atoms with van der Waals surface area (Å²) in [5.41, 5.74) is 3.32. The third-order valence-electron chi connectivity index (χ3n) is 5.35. The summed E-state index contributed by atoms with van der Waals surface area (Å²) in [6, 6.07) is 14.9. The third-order valence-corrected chi connectivity index (χ3v) is 6.49. The SMILES string of the molecule is CCNC(=O)Nc1cccc(C2OC(CSc3nnnn3C)CC(c3ccc(CO)cc3)O2)c1. The average Bonchev–Trinajstić information content (AvgIpc) is 3.27. The minimum absolute atomic E-state index is 0.00601. The molecule has 1 aliphatic rings. The van der Waals surface area contributed by atoms with E-state index in [0.717, 1.165) is 16.7 Å². The number of benzene rings is 2. The number of carbonyl (C=O) groups excluding carboxylic acids is 1. The van der Waals surface area contributed by atoms with Gasteiger partial charge >= 0.3 is 6.03 Å². The van der Waals surface area contributed by atoms with E-state index in [0.29, 0.717) is 29.6 Å². The topological polar surface area (TPSA) is 123 Å². The van der Waals surface area contributed by atoms with E-state index in [1.165, 1.54) is 11.8 Å². The third kappa shape index (κ3) is 6.11. The summed E-state index contributed by atoms with van der Waals surface area (Å²) in [6.07, 6.45) is -0.280. The van der Waals surface area contributed by atoms with Gasteiger partial charge in [0.2, 0.25) is 5.16 Å². The van der Waals surface area contributed by atoms with Crippen LogP contribution < -0.4 is 10.6 Å². The molecule has 4 rings (SSSR count). The number of aliphatic hydroxyl groups excluding tert-OH is 1. The monoisotopic (exact) mass is 484 g/mol. The maximum atomic E-state index is 11.9. The highest BCUT2D eigenvalue weighted by Gasteiger charge is 2.32. The second-order valence-corrected chi connectivity index (χ2v) is 8.84. The van der Waals surface area contributed by atoms with Crippen LogP contribution >= 0.6 is 11.8 Å². The van der Waals surface area contributed by atoms with Gasteiger partial charge in [-0.2, -0.15) is 0 Å². The summed E-state index contributed by atoms with van der Waals surface area (Å²) < 4.78 is 14.3. The van der Waals surface area contributed by atoms with Crippen molar-refractivity contribution in [2.24, 2.45) is 7.05 Å². The number of carbonyl (C=O) groups is 1. The normalized spacial score (nSPS) is 20.1. The lowest BCUT2D eigenvalue weighted by Crippen LogP contribution is -2.31. The first-order valence-electron chi connectivity index (χ1n) is 11.1. The maximum absolute atomic E-state index is 11.9. The molecule has 3 atom stereocenters. The molecule has 2 heterocycles. The Labute approximate surface area is 202 Å². The van der Waals surface area contributed by atoms with Crippen molar-refractivity contribution >= 4 is 23.5 Å². The van der Waals surface area contributed by atoms with Crippen molar-refractivity contribution in [3.8, 4) is 0 Å². The van der Waals surface area contributed by atoms with Gasteiger partial charge in [-0.1, -0.05) is 48.2 Å². The van der Waals surface area contributed by atoms with Crippen LogP contribution in [0, 0.1) is 0 Å². The first-order chi connectivity index (χ1) is 16.6. The quantitative estimate of drug-likeness (QED) is 0.417. The molecule has 3 unspecified atom stereocenters. The molecule has 3 N–H and O–H groups in total. The number of nitrogens with one attached hydrogen (secondary N) is 2. The highest BCUT2D eigenvalue weighted by Crippen LogP contribution is 2.39. The molecule has 34 heavy (non-hydrogen) atoms. The average molecular weight is 485 g/mol. The fraction of sp³-hybridized carbons (Fsp3) is 0.391.